The van der Waals surface area contributed by atoms with Crippen molar-refractivity contribution >= 4 is 21.6 Å². The van der Waals surface area contributed by atoms with Crippen molar-refractivity contribution in [2.24, 2.45) is 0 Å². The van der Waals surface area contributed by atoms with Gasteiger partial charge in [-0.3, -0.25) is 9.10 Å². The lowest BCUT2D eigenvalue weighted by molar-refractivity contribution is -0.128. The second-order valence-corrected chi connectivity index (χ2v) is 9.33. The van der Waals surface area contributed by atoms with Gasteiger partial charge in [0.05, 0.1) is 31.9 Å². The molecule has 0 aliphatic carbocycles. The van der Waals surface area contributed by atoms with Crippen molar-refractivity contribution in [2.45, 2.75) is 11.4 Å². The van der Waals surface area contributed by atoms with Crippen LogP contribution in [0.1, 0.15) is 5.56 Å². The van der Waals surface area contributed by atoms with E-state index in [4.69, 9.17) is 14.2 Å². The Morgan fingerprint density at radius 2 is 1.53 bits per heavy atom. The molecule has 0 radical (unpaired) electrons. The number of methoxy groups -OCH3 is 3. The lowest BCUT2D eigenvalue weighted by Gasteiger charge is -2.27. The van der Waals surface area contributed by atoms with Crippen LogP contribution < -0.4 is 18.5 Å². The minimum Gasteiger partial charge on any atom is -0.497 e. The van der Waals surface area contributed by atoms with Crippen molar-refractivity contribution in [3.63, 3.8) is 0 Å². The second kappa shape index (κ2) is 10.9. The highest BCUT2D eigenvalue weighted by atomic mass is 32.2. The van der Waals surface area contributed by atoms with Crippen molar-refractivity contribution in [1.82, 2.24) is 4.90 Å². The number of hydrogen-bond donors (Lipinski definition) is 0. The van der Waals surface area contributed by atoms with Crippen molar-refractivity contribution in [1.29, 1.82) is 0 Å². The molecular formula is C25H28N2O6S. The van der Waals surface area contributed by atoms with Crippen LogP contribution in [0.25, 0.3) is 0 Å². The third-order valence-electron chi connectivity index (χ3n) is 5.24. The smallest absolute Gasteiger partial charge is 0.264 e. The predicted octanol–water partition coefficient (Wildman–Crippen LogP) is 3.57. The summed E-state index contributed by atoms with van der Waals surface area (Å²) in [5, 5.41) is 0. The van der Waals surface area contributed by atoms with Gasteiger partial charge in [-0.1, -0.05) is 30.3 Å². The lowest BCUT2D eigenvalue weighted by atomic mass is 10.2. The zero-order valence-corrected chi connectivity index (χ0v) is 20.4. The Balaban J connectivity index is 1.89. The first-order valence-corrected chi connectivity index (χ1v) is 11.9. The molecule has 0 aliphatic rings. The topological polar surface area (TPSA) is 85.4 Å². The van der Waals surface area contributed by atoms with Gasteiger partial charge in [0.1, 0.15) is 12.3 Å². The van der Waals surface area contributed by atoms with Gasteiger partial charge >= 0.3 is 0 Å². The SMILES string of the molecule is COc1cccc(N(CC(=O)N(C)Cc2ccc(OC)c(OC)c2)S(=O)(=O)c2ccccc2)c1. The average molecular weight is 485 g/mol. The molecular weight excluding hydrogens is 456 g/mol. The van der Waals surface area contributed by atoms with Crippen LogP contribution in [0, 0.1) is 0 Å². The molecule has 1 amide bonds. The third kappa shape index (κ3) is 5.60. The van der Waals surface area contributed by atoms with E-state index in [1.165, 1.54) is 31.3 Å². The van der Waals surface area contributed by atoms with Crippen molar-refractivity contribution in [3.8, 4) is 17.2 Å². The zero-order valence-electron chi connectivity index (χ0n) is 19.6. The van der Waals surface area contributed by atoms with E-state index in [-0.39, 0.29) is 23.9 Å². The summed E-state index contributed by atoms with van der Waals surface area (Å²) < 4.78 is 43.9. The number of amides is 1. The zero-order chi connectivity index (χ0) is 24.7. The fourth-order valence-corrected chi connectivity index (χ4v) is 4.81. The van der Waals surface area contributed by atoms with Gasteiger partial charge in [-0.15, -0.1) is 0 Å². The van der Waals surface area contributed by atoms with E-state index >= 15 is 0 Å². The number of sulfonamides is 1. The van der Waals surface area contributed by atoms with E-state index in [1.807, 2.05) is 6.07 Å². The molecule has 9 heteroatoms. The summed E-state index contributed by atoms with van der Waals surface area (Å²) in [7, 11) is 2.20. The maximum Gasteiger partial charge on any atom is 0.264 e. The summed E-state index contributed by atoms with van der Waals surface area (Å²) in [6.45, 7) is -0.120. The number of ether oxygens (including phenoxy) is 3. The largest absolute Gasteiger partial charge is 0.497 e. The van der Waals surface area contributed by atoms with Crippen LogP contribution in [-0.2, 0) is 21.4 Å². The van der Waals surface area contributed by atoms with E-state index < -0.39 is 10.0 Å². The Morgan fingerprint density at radius 3 is 2.18 bits per heavy atom. The highest BCUT2D eigenvalue weighted by molar-refractivity contribution is 7.92. The van der Waals surface area contributed by atoms with Crippen molar-refractivity contribution in [2.75, 3.05) is 39.2 Å². The molecule has 0 aromatic heterocycles. The number of likely N-dealkylation sites (N-methyl/N-ethyl adjacent to an activating group) is 1. The molecule has 0 unspecified atom stereocenters. The minimum absolute atomic E-state index is 0.0909. The minimum atomic E-state index is -4.01. The maximum absolute atomic E-state index is 13.5. The highest BCUT2D eigenvalue weighted by Crippen LogP contribution is 2.29. The highest BCUT2D eigenvalue weighted by Gasteiger charge is 2.28. The second-order valence-electron chi connectivity index (χ2n) is 7.47. The summed E-state index contributed by atoms with van der Waals surface area (Å²) in [4.78, 5) is 14.7. The Morgan fingerprint density at radius 1 is 0.824 bits per heavy atom. The molecule has 0 saturated carbocycles. The van der Waals surface area contributed by atoms with Gasteiger partial charge in [-0.2, -0.15) is 0 Å². The van der Waals surface area contributed by atoms with Crippen molar-refractivity contribution < 1.29 is 27.4 Å². The average Bonchev–Trinajstić information content (AvgIpc) is 2.87. The number of hydrogen-bond acceptors (Lipinski definition) is 6. The molecule has 0 fully saturated rings. The van der Waals surface area contributed by atoms with Crippen LogP contribution in [0.2, 0.25) is 0 Å². The van der Waals surface area contributed by atoms with Crippen LogP contribution in [-0.4, -0.2) is 54.1 Å². The number of benzene rings is 3. The number of nitrogens with zero attached hydrogens (tertiary/aromatic N) is 2. The van der Waals surface area contributed by atoms with Crippen molar-refractivity contribution in [3.05, 3.63) is 78.4 Å². The molecule has 0 aliphatic heterocycles. The number of carbonyl (C=O) groups excluding carboxylic acids is 1. The predicted molar refractivity (Wildman–Crippen MR) is 130 cm³/mol. The quantitative estimate of drug-likeness (QED) is 0.437. The number of anilines is 1. The standard InChI is InChI=1S/C25H28N2O6S/c1-26(17-19-13-14-23(32-3)24(15-19)33-4)25(28)18-27(20-9-8-10-21(16-20)31-2)34(29,30)22-11-6-5-7-12-22/h5-16H,17-18H2,1-4H3. The molecule has 0 atom stereocenters. The Labute approximate surface area is 200 Å². The summed E-state index contributed by atoms with van der Waals surface area (Å²) in [6, 6.07) is 20.0. The lowest BCUT2D eigenvalue weighted by Crippen LogP contribution is -2.41. The Hall–Kier alpha value is -3.72. The summed E-state index contributed by atoms with van der Waals surface area (Å²) in [6.07, 6.45) is 0. The summed E-state index contributed by atoms with van der Waals surface area (Å²) in [5.74, 6) is 1.23. The van der Waals surface area contributed by atoms with Gasteiger partial charge in [0.15, 0.2) is 11.5 Å². The van der Waals surface area contributed by atoms with Gasteiger partial charge in [-0.25, -0.2) is 8.42 Å². The fourth-order valence-electron chi connectivity index (χ4n) is 3.38. The van der Waals surface area contributed by atoms with E-state index in [9.17, 15) is 13.2 Å². The van der Waals surface area contributed by atoms with E-state index in [2.05, 4.69) is 0 Å². The molecule has 0 spiro atoms. The third-order valence-corrected chi connectivity index (χ3v) is 7.03. The monoisotopic (exact) mass is 484 g/mol. The first kappa shape index (κ1) is 24.9. The number of rotatable bonds is 10. The van der Waals surface area contributed by atoms with E-state index in [0.29, 0.717) is 22.9 Å². The maximum atomic E-state index is 13.5. The van der Waals surface area contributed by atoms with Crippen LogP contribution >= 0.6 is 0 Å². The van der Waals surface area contributed by atoms with Crippen LogP contribution in [0.4, 0.5) is 5.69 Å². The van der Waals surface area contributed by atoms with Gasteiger partial charge in [-0.05, 0) is 42.0 Å². The van der Waals surface area contributed by atoms with Gasteiger partial charge < -0.3 is 19.1 Å². The number of carbonyl (C=O) groups is 1. The Kier molecular flexibility index (Phi) is 8.01. The summed E-state index contributed by atoms with van der Waals surface area (Å²) in [5.41, 5.74) is 1.14. The van der Waals surface area contributed by atoms with Crippen LogP contribution in [0.3, 0.4) is 0 Å². The van der Waals surface area contributed by atoms with Crippen LogP contribution in [0.15, 0.2) is 77.7 Å². The normalized spacial score (nSPS) is 10.9. The molecule has 0 saturated heterocycles. The van der Waals surface area contributed by atoms with E-state index in [1.54, 1.807) is 68.8 Å². The first-order chi connectivity index (χ1) is 16.3. The van der Waals surface area contributed by atoms with Gasteiger partial charge in [0, 0.05) is 19.7 Å². The Bertz CT molecular complexity index is 1230. The molecule has 34 heavy (non-hydrogen) atoms. The molecule has 3 rings (SSSR count). The van der Waals surface area contributed by atoms with Gasteiger partial charge in [0.2, 0.25) is 5.91 Å². The van der Waals surface area contributed by atoms with E-state index in [0.717, 1.165) is 9.87 Å². The molecule has 3 aromatic rings. The molecule has 0 bridgehead atoms. The molecule has 8 nitrogen and oxygen atoms in total. The van der Waals surface area contributed by atoms with Crippen LogP contribution in [0.5, 0.6) is 17.2 Å². The molecule has 3 aromatic carbocycles. The molecule has 0 N–H and O–H groups in total. The molecule has 180 valence electrons. The molecule has 0 heterocycles. The van der Waals surface area contributed by atoms with Gasteiger partial charge in [0.25, 0.3) is 10.0 Å². The fraction of sp³-hybridized carbons (Fsp3) is 0.240. The summed E-state index contributed by atoms with van der Waals surface area (Å²) >= 11 is 0. The first-order valence-electron chi connectivity index (χ1n) is 10.5.